The summed E-state index contributed by atoms with van der Waals surface area (Å²) in [5.41, 5.74) is 1.80. The lowest BCUT2D eigenvalue weighted by molar-refractivity contribution is 0.0680. The number of Topliss-reactive ketones (excluding diaryl/α,β-unsaturated/α-hetero) is 1. The van der Waals surface area contributed by atoms with E-state index in [1.165, 1.54) is 12.1 Å². The number of rotatable bonds is 2. The zero-order valence-electron chi connectivity index (χ0n) is 12.0. The predicted octanol–water partition coefficient (Wildman–Crippen LogP) is 3.76. The molecule has 2 aromatic rings. The minimum absolute atomic E-state index is 0.0601. The van der Waals surface area contributed by atoms with Crippen LogP contribution in [-0.2, 0) is 4.74 Å². The maximum Gasteiger partial charge on any atom is 0.170 e. The number of carbonyl (C=O) groups excluding carboxylic acids is 1. The van der Waals surface area contributed by atoms with Gasteiger partial charge in [-0.3, -0.25) is 4.79 Å². The molecule has 0 aliphatic heterocycles. The van der Waals surface area contributed by atoms with Gasteiger partial charge < -0.3 is 4.74 Å². The first-order valence-corrected chi connectivity index (χ1v) is 7.01. The van der Waals surface area contributed by atoms with Crippen molar-refractivity contribution in [3.8, 4) is 6.07 Å². The fraction of sp³-hybridized carbons (Fsp3) is 0.222. The van der Waals surface area contributed by atoms with Gasteiger partial charge in [-0.25, -0.2) is 4.39 Å². The van der Waals surface area contributed by atoms with Crippen LogP contribution in [-0.4, -0.2) is 12.9 Å². The number of hydrogen-bond acceptors (Lipinski definition) is 3. The molecule has 0 radical (unpaired) electrons. The van der Waals surface area contributed by atoms with Crippen molar-refractivity contribution in [2.45, 2.75) is 18.4 Å². The number of carbonyl (C=O) groups is 1. The minimum Gasteiger partial charge on any atom is -0.377 e. The molecule has 2 atom stereocenters. The van der Waals surface area contributed by atoms with Crippen molar-refractivity contribution >= 4 is 5.78 Å². The molecule has 0 bridgehead atoms. The van der Waals surface area contributed by atoms with Gasteiger partial charge in [0.25, 0.3) is 0 Å². The maximum atomic E-state index is 13.8. The van der Waals surface area contributed by atoms with E-state index in [0.29, 0.717) is 17.5 Å². The van der Waals surface area contributed by atoms with Crippen LogP contribution in [0.1, 0.15) is 45.5 Å². The summed E-state index contributed by atoms with van der Waals surface area (Å²) in [5, 5.41) is 9.20. The van der Waals surface area contributed by atoms with Gasteiger partial charge in [-0.1, -0.05) is 36.4 Å². The second-order valence-electron chi connectivity index (χ2n) is 5.28. The van der Waals surface area contributed by atoms with Crippen molar-refractivity contribution in [2.24, 2.45) is 0 Å². The Morgan fingerprint density at radius 1 is 1.18 bits per heavy atom. The highest BCUT2D eigenvalue weighted by molar-refractivity contribution is 6.03. The topological polar surface area (TPSA) is 50.1 Å². The lowest BCUT2D eigenvalue weighted by Gasteiger charge is -2.30. The molecule has 22 heavy (non-hydrogen) atoms. The molecule has 0 heterocycles. The first-order valence-electron chi connectivity index (χ1n) is 7.01. The molecule has 2 unspecified atom stereocenters. The summed E-state index contributed by atoms with van der Waals surface area (Å²) in [6.45, 7) is 0. The number of ether oxygens (including phenoxy) is 1. The fourth-order valence-corrected chi connectivity index (χ4v) is 3.08. The van der Waals surface area contributed by atoms with Gasteiger partial charge >= 0.3 is 0 Å². The van der Waals surface area contributed by atoms with E-state index in [0.717, 1.165) is 5.56 Å². The van der Waals surface area contributed by atoms with Crippen LogP contribution in [0.2, 0.25) is 0 Å². The quantitative estimate of drug-likeness (QED) is 0.847. The van der Waals surface area contributed by atoms with E-state index in [-0.39, 0.29) is 17.5 Å². The Kier molecular flexibility index (Phi) is 3.74. The van der Waals surface area contributed by atoms with Crippen molar-refractivity contribution < 1.29 is 13.9 Å². The van der Waals surface area contributed by atoms with E-state index >= 15 is 0 Å². The number of methoxy groups -OCH3 is 1. The van der Waals surface area contributed by atoms with Gasteiger partial charge in [0.15, 0.2) is 5.78 Å². The average Bonchev–Trinajstić information content (AvgIpc) is 2.55. The molecule has 1 aliphatic rings. The fourth-order valence-electron chi connectivity index (χ4n) is 3.08. The molecule has 0 amide bonds. The summed E-state index contributed by atoms with van der Waals surface area (Å²) in [6.07, 6.45) is 0.165. The Hall–Kier alpha value is -2.51. The minimum atomic E-state index is -0.597. The molecule has 0 spiro atoms. The molecule has 0 saturated carbocycles. The summed E-state index contributed by atoms with van der Waals surface area (Å²) >= 11 is 0. The zero-order valence-corrected chi connectivity index (χ0v) is 12.0. The van der Waals surface area contributed by atoms with Gasteiger partial charge in [0, 0.05) is 12.7 Å². The van der Waals surface area contributed by atoms with Crippen molar-refractivity contribution in [3.05, 3.63) is 70.5 Å². The van der Waals surface area contributed by atoms with Crippen LogP contribution >= 0.6 is 0 Å². The maximum absolute atomic E-state index is 13.8. The molecule has 1 aliphatic carbocycles. The Labute approximate surface area is 128 Å². The summed E-state index contributed by atoms with van der Waals surface area (Å²) in [5.74, 6) is -1.25. The van der Waals surface area contributed by atoms with Gasteiger partial charge in [0.1, 0.15) is 11.9 Å². The summed E-state index contributed by atoms with van der Waals surface area (Å²) in [4.78, 5) is 12.8. The molecule has 0 saturated heterocycles. The van der Waals surface area contributed by atoms with Gasteiger partial charge in [-0.05, 0) is 23.6 Å². The second kappa shape index (κ2) is 5.70. The highest BCUT2D eigenvalue weighted by atomic mass is 19.1. The first-order chi connectivity index (χ1) is 10.7. The van der Waals surface area contributed by atoms with Crippen molar-refractivity contribution in [2.75, 3.05) is 7.11 Å². The SMILES string of the molecule is COC1CC(c2cccc(F)c2C#N)C(=O)c2ccccc21. The molecular formula is C18H14FNO2. The van der Waals surface area contributed by atoms with Crippen LogP contribution in [0.5, 0.6) is 0 Å². The number of ketones is 1. The standard InChI is InChI=1S/C18H14FNO2/c1-22-17-9-14(11-7-4-8-16(19)15(11)10-20)18(21)13-6-3-2-5-12(13)17/h2-8,14,17H,9H2,1H3. The molecule has 2 aromatic carbocycles. The van der Waals surface area contributed by atoms with E-state index in [2.05, 4.69) is 0 Å². The Bertz CT molecular complexity index is 779. The van der Waals surface area contributed by atoms with Crippen LogP contribution in [0.3, 0.4) is 0 Å². The predicted molar refractivity (Wildman–Crippen MR) is 79.0 cm³/mol. The number of benzene rings is 2. The Morgan fingerprint density at radius 2 is 1.91 bits per heavy atom. The third kappa shape index (κ3) is 2.20. The molecule has 0 aromatic heterocycles. The van der Waals surface area contributed by atoms with Crippen LogP contribution in [0.4, 0.5) is 4.39 Å². The summed E-state index contributed by atoms with van der Waals surface area (Å²) in [6, 6.07) is 13.6. The summed E-state index contributed by atoms with van der Waals surface area (Å²) in [7, 11) is 1.59. The number of halogens is 1. The van der Waals surface area contributed by atoms with E-state index in [9.17, 15) is 14.4 Å². The number of nitrogens with zero attached hydrogens (tertiary/aromatic N) is 1. The number of hydrogen-bond donors (Lipinski definition) is 0. The third-order valence-electron chi connectivity index (χ3n) is 4.16. The lowest BCUT2D eigenvalue weighted by Crippen LogP contribution is -2.25. The molecule has 0 N–H and O–H groups in total. The molecular weight excluding hydrogens is 281 g/mol. The number of fused-ring (bicyclic) bond motifs is 1. The lowest BCUT2D eigenvalue weighted by atomic mass is 9.76. The second-order valence-corrected chi connectivity index (χ2v) is 5.28. The first kappa shape index (κ1) is 14.4. The van der Waals surface area contributed by atoms with Crippen LogP contribution in [0.25, 0.3) is 0 Å². The van der Waals surface area contributed by atoms with Gasteiger partial charge in [0.05, 0.1) is 17.6 Å². The Balaban J connectivity index is 2.13. The monoisotopic (exact) mass is 295 g/mol. The zero-order chi connectivity index (χ0) is 15.7. The largest absolute Gasteiger partial charge is 0.377 e. The smallest absolute Gasteiger partial charge is 0.170 e. The van der Waals surface area contributed by atoms with Crippen molar-refractivity contribution in [3.63, 3.8) is 0 Å². The van der Waals surface area contributed by atoms with Gasteiger partial charge in [-0.2, -0.15) is 5.26 Å². The van der Waals surface area contributed by atoms with Crippen LogP contribution in [0.15, 0.2) is 42.5 Å². The number of nitriles is 1. The molecule has 3 nitrogen and oxygen atoms in total. The molecule has 4 heteroatoms. The van der Waals surface area contributed by atoms with E-state index in [1.54, 1.807) is 25.3 Å². The van der Waals surface area contributed by atoms with Gasteiger partial charge in [0.2, 0.25) is 0 Å². The molecule has 110 valence electrons. The third-order valence-corrected chi connectivity index (χ3v) is 4.16. The average molecular weight is 295 g/mol. The van der Waals surface area contributed by atoms with Crippen molar-refractivity contribution in [1.82, 2.24) is 0 Å². The summed E-state index contributed by atoms with van der Waals surface area (Å²) < 4.78 is 19.3. The Morgan fingerprint density at radius 3 is 2.64 bits per heavy atom. The molecule has 3 rings (SSSR count). The van der Waals surface area contributed by atoms with Crippen LogP contribution < -0.4 is 0 Å². The highest BCUT2D eigenvalue weighted by Crippen LogP contribution is 2.41. The van der Waals surface area contributed by atoms with Crippen LogP contribution in [0, 0.1) is 17.1 Å². The molecule has 0 fully saturated rings. The van der Waals surface area contributed by atoms with E-state index in [1.807, 2.05) is 18.2 Å². The van der Waals surface area contributed by atoms with E-state index < -0.39 is 11.7 Å². The highest BCUT2D eigenvalue weighted by Gasteiger charge is 2.36. The van der Waals surface area contributed by atoms with Crippen molar-refractivity contribution in [1.29, 1.82) is 5.26 Å². The van der Waals surface area contributed by atoms with Gasteiger partial charge in [-0.15, -0.1) is 0 Å². The van der Waals surface area contributed by atoms with E-state index in [4.69, 9.17) is 4.74 Å². The normalized spacial score (nSPS) is 20.3.